The Morgan fingerprint density at radius 2 is 1.36 bits per heavy atom. The molecule has 1 amide bonds. The van der Waals surface area contributed by atoms with Gasteiger partial charge in [-0.3, -0.25) is 9.79 Å². The summed E-state index contributed by atoms with van der Waals surface area (Å²) < 4.78 is 14.4. The molecule has 0 saturated carbocycles. The number of fused-ring (bicyclic) bond motifs is 1. The molecule has 0 spiro atoms. The van der Waals surface area contributed by atoms with Gasteiger partial charge < -0.3 is 5.32 Å². The van der Waals surface area contributed by atoms with Crippen molar-refractivity contribution in [1.29, 1.82) is 0 Å². The molecule has 0 atom stereocenters. The van der Waals surface area contributed by atoms with E-state index in [0.29, 0.717) is 17.0 Å². The number of halogens is 1. The van der Waals surface area contributed by atoms with E-state index < -0.39 is 0 Å². The zero-order valence-corrected chi connectivity index (χ0v) is 13.4. The zero-order chi connectivity index (χ0) is 17.2. The van der Waals surface area contributed by atoms with Crippen LogP contribution in [0.3, 0.4) is 0 Å². The van der Waals surface area contributed by atoms with Gasteiger partial charge in [0.15, 0.2) is 0 Å². The summed E-state index contributed by atoms with van der Waals surface area (Å²) in [5, 5.41) is 2.87. The molecule has 3 aromatic rings. The fourth-order valence-corrected chi connectivity index (χ4v) is 3.06. The Bertz CT molecular complexity index is 994. The molecule has 1 heterocycles. The number of anilines is 1. The van der Waals surface area contributed by atoms with Crippen molar-refractivity contribution in [2.45, 2.75) is 0 Å². The first-order valence-electron chi connectivity index (χ1n) is 8.02. The van der Waals surface area contributed by atoms with Gasteiger partial charge in [0.05, 0.1) is 11.4 Å². The van der Waals surface area contributed by atoms with Crippen LogP contribution in [0.1, 0.15) is 11.1 Å². The molecule has 0 fully saturated rings. The zero-order valence-electron chi connectivity index (χ0n) is 13.4. The highest BCUT2D eigenvalue weighted by molar-refractivity contribution is 6.21. The highest BCUT2D eigenvalue weighted by Crippen LogP contribution is 2.30. The Morgan fingerprint density at radius 3 is 2.12 bits per heavy atom. The van der Waals surface area contributed by atoms with Crippen molar-refractivity contribution >= 4 is 17.3 Å². The fraction of sp³-hybridized carbons (Fsp3) is 0.0476. The molecule has 4 heteroatoms. The summed E-state index contributed by atoms with van der Waals surface area (Å²) in [7, 11) is 0. The number of carbonyl (C=O) groups is 1. The Labute approximate surface area is 144 Å². The first-order valence-corrected chi connectivity index (χ1v) is 8.02. The number of aliphatic imine (C=N–C) groups is 1. The molecule has 122 valence electrons. The van der Waals surface area contributed by atoms with Gasteiger partial charge in [-0.15, -0.1) is 0 Å². The number of amides is 1. The molecule has 3 aromatic carbocycles. The van der Waals surface area contributed by atoms with Gasteiger partial charge in [0.25, 0.3) is 0 Å². The topological polar surface area (TPSA) is 41.5 Å². The third kappa shape index (κ3) is 2.83. The third-order valence-electron chi connectivity index (χ3n) is 4.18. The van der Waals surface area contributed by atoms with Crippen LogP contribution in [0.25, 0.3) is 11.1 Å². The molecule has 1 aliphatic heterocycles. The second-order valence-electron chi connectivity index (χ2n) is 5.78. The number of benzene rings is 3. The van der Waals surface area contributed by atoms with E-state index in [-0.39, 0.29) is 18.3 Å². The SMILES string of the molecule is O=C1CN=C(c2ccccc2-c2ccccc2F)c2ccccc2N1. The van der Waals surface area contributed by atoms with Crippen LogP contribution in [0.4, 0.5) is 10.1 Å². The molecule has 0 aliphatic carbocycles. The van der Waals surface area contributed by atoms with Crippen molar-refractivity contribution in [3.8, 4) is 11.1 Å². The Hall–Kier alpha value is -3.27. The standard InChI is InChI=1S/C21H15FN2O/c22-18-11-5-3-8-15(18)14-7-1-2-9-16(14)21-17-10-4-6-12-19(17)24-20(25)13-23-21/h1-12H,13H2,(H,24,25). The summed E-state index contributed by atoms with van der Waals surface area (Å²) in [6.45, 7) is 0.0373. The van der Waals surface area contributed by atoms with Crippen molar-refractivity contribution in [2.24, 2.45) is 4.99 Å². The quantitative estimate of drug-likeness (QED) is 0.748. The number of rotatable bonds is 2. The smallest absolute Gasteiger partial charge is 0.246 e. The summed E-state index contributed by atoms with van der Waals surface area (Å²) in [5.74, 6) is -0.447. The number of hydrogen-bond donors (Lipinski definition) is 1. The number of para-hydroxylation sites is 1. The van der Waals surface area contributed by atoms with Crippen LogP contribution in [0.15, 0.2) is 77.8 Å². The normalized spacial score (nSPS) is 13.5. The minimum Gasteiger partial charge on any atom is -0.324 e. The van der Waals surface area contributed by atoms with Gasteiger partial charge in [-0.1, -0.05) is 60.7 Å². The summed E-state index contributed by atoms with van der Waals surface area (Å²) in [5.41, 5.74) is 4.30. The maximum Gasteiger partial charge on any atom is 0.246 e. The van der Waals surface area contributed by atoms with Crippen LogP contribution in [0.5, 0.6) is 0 Å². The lowest BCUT2D eigenvalue weighted by Crippen LogP contribution is -2.13. The van der Waals surface area contributed by atoms with Gasteiger partial charge in [-0.05, 0) is 17.7 Å². The maximum atomic E-state index is 14.4. The highest BCUT2D eigenvalue weighted by atomic mass is 19.1. The lowest BCUT2D eigenvalue weighted by Gasteiger charge is -2.14. The Kier molecular flexibility index (Phi) is 3.86. The van der Waals surface area contributed by atoms with E-state index >= 15 is 0 Å². The summed E-state index contributed by atoms with van der Waals surface area (Å²) >= 11 is 0. The van der Waals surface area contributed by atoms with Crippen molar-refractivity contribution in [3.05, 3.63) is 89.7 Å². The van der Waals surface area contributed by atoms with Crippen LogP contribution in [0.2, 0.25) is 0 Å². The van der Waals surface area contributed by atoms with Crippen LogP contribution in [0, 0.1) is 5.82 Å². The van der Waals surface area contributed by atoms with Crippen molar-refractivity contribution in [1.82, 2.24) is 0 Å². The molecule has 25 heavy (non-hydrogen) atoms. The molecule has 0 aromatic heterocycles. The van der Waals surface area contributed by atoms with Crippen LogP contribution in [-0.2, 0) is 4.79 Å². The number of nitrogens with one attached hydrogen (secondary N) is 1. The second kappa shape index (κ2) is 6.32. The van der Waals surface area contributed by atoms with Gasteiger partial charge in [0, 0.05) is 16.7 Å². The first-order chi connectivity index (χ1) is 12.2. The first kappa shape index (κ1) is 15.3. The Balaban J connectivity index is 1.95. The largest absolute Gasteiger partial charge is 0.324 e. The van der Waals surface area contributed by atoms with Gasteiger partial charge in [-0.25, -0.2) is 4.39 Å². The van der Waals surface area contributed by atoms with Gasteiger partial charge in [0.2, 0.25) is 5.91 Å². The van der Waals surface area contributed by atoms with E-state index in [0.717, 1.165) is 16.7 Å². The van der Waals surface area contributed by atoms with Crippen molar-refractivity contribution in [3.63, 3.8) is 0 Å². The van der Waals surface area contributed by atoms with Crippen LogP contribution < -0.4 is 5.32 Å². The molecule has 0 saturated heterocycles. The lowest BCUT2D eigenvalue weighted by atomic mass is 9.92. The molecule has 0 radical (unpaired) electrons. The minimum absolute atomic E-state index is 0.0373. The molecule has 4 rings (SSSR count). The number of benzodiazepines with no additional fused rings is 1. The summed E-state index contributed by atoms with van der Waals surface area (Å²) in [6, 6.07) is 21.8. The molecule has 0 unspecified atom stereocenters. The predicted octanol–water partition coefficient (Wildman–Crippen LogP) is 4.28. The predicted molar refractivity (Wildman–Crippen MR) is 97.4 cm³/mol. The summed E-state index contributed by atoms with van der Waals surface area (Å²) in [6.07, 6.45) is 0. The second-order valence-corrected chi connectivity index (χ2v) is 5.78. The van der Waals surface area contributed by atoms with Gasteiger partial charge in [0.1, 0.15) is 12.4 Å². The average Bonchev–Trinajstić information content (AvgIpc) is 2.80. The van der Waals surface area contributed by atoms with E-state index in [4.69, 9.17) is 0 Å². The molecule has 1 N–H and O–H groups in total. The van der Waals surface area contributed by atoms with E-state index in [1.165, 1.54) is 6.07 Å². The van der Waals surface area contributed by atoms with E-state index in [2.05, 4.69) is 10.3 Å². The van der Waals surface area contributed by atoms with Crippen LogP contribution >= 0.6 is 0 Å². The molecular formula is C21H15FN2O. The van der Waals surface area contributed by atoms with Gasteiger partial charge in [-0.2, -0.15) is 0 Å². The van der Waals surface area contributed by atoms with E-state index in [9.17, 15) is 9.18 Å². The summed E-state index contributed by atoms with van der Waals surface area (Å²) in [4.78, 5) is 16.5. The van der Waals surface area contributed by atoms with E-state index in [1.54, 1.807) is 12.1 Å². The van der Waals surface area contributed by atoms with Crippen LogP contribution in [-0.4, -0.2) is 18.2 Å². The molecular weight excluding hydrogens is 315 g/mol. The number of hydrogen-bond acceptors (Lipinski definition) is 2. The number of carbonyl (C=O) groups excluding carboxylic acids is 1. The highest BCUT2D eigenvalue weighted by Gasteiger charge is 2.20. The molecule has 3 nitrogen and oxygen atoms in total. The van der Waals surface area contributed by atoms with Gasteiger partial charge >= 0.3 is 0 Å². The maximum absolute atomic E-state index is 14.4. The van der Waals surface area contributed by atoms with Crippen molar-refractivity contribution < 1.29 is 9.18 Å². The Morgan fingerprint density at radius 1 is 0.760 bits per heavy atom. The minimum atomic E-state index is -0.286. The molecule has 0 bridgehead atoms. The fourth-order valence-electron chi connectivity index (χ4n) is 3.06. The number of nitrogens with zero attached hydrogens (tertiary/aromatic N) is 1. The average molecular weight is 330 g/mol. The monoisotopic (exact) mass is 330 g/mol. The lowest BCUT2D eigenvalue weighted by molar-refractivity contribution is -0.114. The molecule has 1 aliphatic rings. The van der Waals surface area contributed by atoms with Crippen molar-refractivity contribution in [2.75, 3.05) is 11.9 Å². The van der Waals surface area contributed by atoms with E-state index in [1.807, 2.05) is 54.6 Å². The third-order valence-corrected chi connectivity index (χ3v) is 4.18.